The molecule has 0 radical (unpaired) electrons. The molecule has 6 nitrogen and oxygen atoms in total. The summed E-state index contributed by atoms with van der Waals surface area (Å²) in [4.78, 5) is 18.8. The van der Waals surface area contributed by atoms with E-state index in [-0.39, 0.29) is 18.1 Å². The van der Waals surface area contributed by atoms with Gasteiger partial charge in [-0.2, -0.15) is 0 Å². The van der Waals surface area contributed by atoms with Gasteiger partial charge in [-0.25, -0.2) is 13.8 Å². The first-order valence-electron chi connectivity index (χ1n) is 9.63. The maximum Gasteiger partial charge on any atom is 0.273 e. The van der Waals surface area contributed by atoms with Crippen LogP contribution in [0.1, 0.15) is 16.1 Å². The van der Waals surface area contributed by atoms with Crippen LogP contribution in [-0.4, -0.2) is 49.2 Å². The van der Waals surface area contributed by atoms with Crippen LogP contribution in [0.3, 0.4) is 0 Å². The van der Waals surface area contributed by atoms with Crippen molar-refractivity contribution in [2.75, 3.05) is 33.4 Å². The molecule has 9 heteroatoms. The Labute approximate surface area is 182 Å². The zero-order valence-corrected chi connectivity index (χ0v) is 17.6. The summed E-state index contributed by atoms with van der Waals surface area (Å²) in [6, 6.07) is 8.79. The second-order valence-corrected chi connectivity index (χ2v) is 7.66. The molecule has 4 rings (SSSR count). The average Bonchev–Trinajstić information content (AvgIpc) is 3.29. The molecular weight excluding hydrogens is 426 g/mol. The number of carbonyl (C=O) groups is 1. The van der Waals surface area contributed by atoms with Crippen molar-refractivity contribution in [1.82, 2.24) is 9.88 Å². The fraction of sp³-hybridized carbons (Fsp3) is 0.273. The van der Waals surface area contributed by atoms with Crippen LogP contribution in [0.4, 0.5) is 8.78 Å². The lowest BCUT2D eigenvalue weighted by Crippen LogP contribution is -2.40. The van der Waals surface area contributed by atoms with Gasteiger partial charge < -0.3 is 19.1 Å². The van der Waals surface area contributed by atoms with Crippen molar-refractivity contribution in [2.45, 2.75) is 6.61 Å². The van der Waals surface area contributed by atoms with Gasteiger partial charge in [0.15, 0.2) is 11.5 Å². The molecule has 0 unspecified atom stereocenters. The second kappa shape index (κ2) is 9.40. The van der Waals surface area contributed by atoms with Crippen LogP contribution >= 0.6 is 11.3 Å². The zero-order chi connectivity index (χ0) is 21.8. The topological polar surface area (TPSA) is 60.9 Å². The fourth-order valence-corrected chi connectivity index (χ4v) is 3.96. The van der Waals surface area contributed by atoms with Crippen LogP contribution in [-0.2, 0) is 11.3 Å². The summed E-state index contributed by atoms with van der Waals surface area (Å²) >= 11 is 1.35. The first-order chi connectivity index (χ1) is 15.1. The van der Waals surface area contributed by atoms with Crippen molar-refractivity contribution >= 4 is 17.2 Å². The Balaban J connectivity index is 1.50. The summed E-state index contributed by atoms with van der Waals surface area (Å²) in [5, 5.41) is 2.38. The number of nitrogens with zero attached hydrogens (tertiary/aromatic N) is 2. The van der Waals surface area contributed by atoms with Gasteiger partial charge in [0.2, 0.25) is 0 Å². The van der Waals surface area contributed by atoms with Gasteiger partial charge in [0, 0.05) is 24.0 Å². The quantitative estimate of drug-likeness (QED) is 0.569. The highest BCUT2D eigenvalue weighted by Gasteiger charge is 2.21. The number of benzene rings is 2. The highest BCUT2D eigenvalue weighted by atomic mass is 32.1. The summed E-state index contributed by atoms with van der Waals surface area (Å²) in [6.07, 6.45) is 0. The number of hydrogen-bond acceptors (Lipinski definition) is 6. The van der Waals surface area contributed by atoms with Crippen molar-refractivity contribution in [3.05, 3.63) is 64.7 Å². The van der Waals surface area contributed by atoms with Gasteiger partial charge in [0.05, 0.1) is 25.9 Å². The van der Waals surface area contributed by atoms with E-state index < -0.39 is 11.6 Å². The van der Waals surface area contributed by atoms with Crippen LogP contribution in [0.2, 0.25) is 0 Å². The summed E-state index contributed by atoms with van der Waals surface area (Å²) < 4.78 is 43.9. The van der Waals surface area contributed by atoms with Crippen LogP contribution in [0.5, 0.6) is 11.5 Å². The first-order valence-corrected chi connectivity index (χ1v) is 10.5. The Morgan fingerprint density at radius 1 is 1.16 bits per heavy atom. The molecule has 1 fully saturated rings. The summed E-state index contributed by atoms with van der Waals surface area (Å²) in [5.41, 5.74) is 0.975. The largest absolute Gasteiger partial charge is 0.493 e. The third-order valence-electron chi connectivity index (χ3n) is 4.87. The van der Waals surface area contributed by atoms with Crippen molar-refractivity contribution < 1.29 is 27.8 Å². The minimum Gasteiger partial charge on any atom is -0.493 e. The predicted molar refractivity (Wildman–Crippen MR) is 112 cm³/mol. The van der Waals surface area contributed by atoms with Crippen molar-refractivity contribution in [3.8, 4) is 22.1 Å². The number of rotatable bonds is 6. The molecule has 0 saturated carbocycles. The third-order valence-corrected chi connectivity index (χ3v) is 5.76. The molecule has 1 aromatic heterocycles. The van der Waals surface area contributed by atoms with E-state index in [9.17, 15) is 13.6 Å². The number of aromatic nitrogens is 1. The van der Waals surface area contributed by atoms with Crippen LogP contribution < -0.4 is 9.47 Å². The smallest absolute Gasteiger partial charge is 0.273 e. The molecule has 0 atom stereocenters. The normalized spacial score (nSPS) is 13.8. The van der Waals surface area contributed by atoms with Gasteiger partial charge in [-0.3, -0.25) is 4.79 Å². The van der Waals surface area contributed by atoms with Gasteiger partial charge in [-0.15, -0.1) is 11.3 Å². The van der Waals surface area contributed by atoms with E-state index in [4.69, 9.17) is 14.2 Å². The van der Waals surface area contributed by atoms with Crippen molar-refractivity contribution in [2.24, 2.45) is 0 Å². The number of amides is 1. The zero-order valence-electron chi connectivity index (χ0n) is 16.8. The van der Waals surface area contributed by atoms with E-state index in [2.05, 4.69) is 4.98 Å². The summed E-state index contributed by atoms with van der Waals surface area (Å²) in [7, 11) is 1.48. The van der Waals surface area contributed by atoms with Gasteiger partial charge in [0.1, 0.15) is 28.9 Å². The van der Waals surface area contributed by atoms with Crippen molar-refractivity contribution in [3.63, 3.8) is 0 Å². The van der Waals surface area contributed by atoms with E-state index in [1.807, 2.05) is 0 Å². The van der Waals surface area contributed by atoms with Crippen molar-refractivity contribution in [1.29, 1.82) is 0 Å². The molecule has 3 aromatic rings. The number of hydrogen-bond donors (Lipinski definition) is 0. The number of morpholine rings is 1. The highest BCUT2D eigenvalue weighted by Crippen LogP contribution is 2.34. The Bertz CT molecular complexity index is 1060. The van der Waals surface area contributed by atoms with Crippen LogP contribution in [0.15, 0.2) is 41.8 Å². The molecule has 2 aromatic carbocycles. The molecule has 1 saturated heterocycles. The Morgan fingerprint density at radius 3 is 2.61 bits per heavy atom. The number of halogens is 2. The van der Waals surface area contributed by atoms with Gasteiger partial charge in [-0.05, 0) is 30.3 Å². The molecule has 162 valence electrons. The molecule has 2 heterocycles. The van der Waals surface area contributed by atoms with E-state index in [1.54, 1.807) is 28.5 Å². The fourth-order valence-electron chi connectivity index (χ4n) is 3.17. The lowest BCUT2D eigenvalue weighted by atomic mass is 10.2. The van der Waals surface area contributed by atoms with Crippen LogP contribution in [0.25, 0.3) is 10.6 Å². The predicted octanol–water partition coefficient (Wildman–Crippen LogP) is 4.15. The number of methoxy groups -OCH3 is 1. The molecule has 1 amide bonds. The number of thiazole rings is 1. The standard InChI is InChI=1S/C22H20F2N2O4S/c1-28-20-11-14(5-6-19(20)30-12-15-16(23)3-2-4-17(15)24)21-25-18(13-31-21)22(27)26-7-9-29-10-8-26/h2-6,11,13H,7-10,12H2,1H3. The molecule has 1 aliphatic heterocycles. The SMILES string of the molecule is COc1cc(-c2nc(C(=O)N3CCOCC3)cs2)ccc1OCc1c(F)cccc1F. The molecule has 0 N–H and O–H groups in total. The second-order valence-electron chi connectivity index (χ2n) is 6.80. The van der Waals surface area contributed by atoms with Gasteiger partial charge in [-0.1, -0.05) is 6.07 Å². The van der Waals surface area contributed by atoms with E-state index in [0.717, 1.165) is 5.56 Å². The first kappa shape index (κ1) is 21.2. The highest BCUT2D eigenvalue weighted by molar-refractivity contribution is 7.13. The van der Waals surface area contributed by atoms with Crippen LogP contribution in [0, 0.1) is 11.6 Å². The number of ether oxygens (including phenoxy) is 3. The molecular formula is C22H20F2N2O4S. The Kier molecular flexibility index (Phi) is 6.43. The minimum absolute atomic E-state index is 0.121. The molecule has 0 spiro atoms. The van der Waals surface area contributed by atoms with Gasteiger partial charge >= 0.3 is 0 Å². The summed E-state index contributed by atoms with van der Waals surface area (Å²) in [5.74, 6) is -0.725. The number of carbonyl (C=O) groups excluding carboxylic acids is 1. The monoisotopic (exact) mass is 446 g/mol. The molecule has 1 aliphatic rings. The minimum atomic E-state index is -0.671. The molecule has 0 aliphatic carbocycles. The molecule has 31 heavy (non-hydrogen) atoms. The van der Waals surface area contributed by atoms with E-state index in [0.29, 0.717) is 48.5 Å². The third kappa shape index (κ3) is 4.67. The van der Waals surface area contributed by atoms with Gasteiger partial charge in [0.25, 0.3) is 5.91 Å². The Hall–Kier alpha value is -3.04. The average molecular weight is 446 g/mol. The Morgan fingerprint density at radius 2 is 1.90 bits per heavy atom. The van der Waals surface area contributed by atoms with E-state index >= 15 is 0 Å². The lowest BCUT2D eigenvalue weighted by molar-refractivity contribution is 0.0299. The molecule has 0 bridgehead atoms. The van der Waals surface area contributed by atoms with E-state index in [1.165, 1.54) is 36.6 Å². The maximum atomic E-state index is 13.8. The summed E-state index contributed by atoms with van der Waals surface area (Å²) in [6.45, 7) is 1.88. The maximum absolute atomic E-state index is 13.8. The lowest BCUT2D eigenvalue weighted by Gasteiger charge is -2.25.